The van der Waals surface area contributed by atoms with E-state index in [0.717, 1.165) is 35.7 Å². The molecule has 4 nitrogen and oxygen atoms in total. The second-order valence-electron chi connectivity index (χ2n) is 7.86. The fraction of sp³-hybridized carbons (Fsp3) is 0.400. The Hall–Kier alpha value is -2.36. The summed E-state index contributed by atoms with van der Waals surface area (Å²) < 4.78 is 5.47. The smallest absolute Gasteiger partial charge is 0.347 e. The number of nitrogens with zero attached hydrogens (tertiary/aromatic N) is 1. The number of nitrogen functional groups attached to an aromatic ring is 1. The van der Waals surface area contributed by atoms with Crippen LogP contribution in [0, 0.1) is 11.3 Å². The summed E-state index contributed by atoms with van der Waals surface area (Å²) in [5, 5.41) is 2.33. The van der Waals surface area contributed by atoms with E-state index in [4.69, 9.17) is 10.2 Å². The van der Waals surface area contributed by atoms with Crippen LogP contribution >= 0.6 is 0 Å². The van der Waals surface area contributed by atoms with E-state index >= 15 is 0 Å². The summed E-state index contributed by atoms with van der Waals surface area (Å²) in [7, 11) is 0. The third kappa shape index (κ3) is 2.20. The van der Waals surface area contributed by atoms with Crippen molar-refractivity contribution in [1.29, 1.82) is 0 Å². The van der Waals surface area contributed by atoms with Gasteiger partial charge < -0.3 is 10.2 Å². The van der Waals surface area contributed by atoms with Crippen LogP contribution in [0.1, 0.15) is 38.4 Å². The molecule has 1 aliphatic rings. The molecule has 0 fully saturated rings. The second kappa shape index (κ2) is 5.07. The van der Waals surface area contributed by atoms with Crippen LogP contribution in [0.2, 0.25) is 0 Å². The highest BCUT2D eigenvalue weighted by molar-refractivity contribution is 6.09. The van der Waals surface area contributed by atoms with Crippen molar-refractivity contribution in [3.8, 4) is 0 Å². The van der Waals surface area contributed by atoms with Crippen molar-refractivity contribution in [3.63, 3.8) is 0 Å². The van der Waals surface area contributed by atoms with E-state index in [1.807, 2.05) is 24.3 Å². The first kappa shape index (κ1) is 15.2. The van der Waals surface area contributed by atoms with E-state index < -0.39 is 5.63 Å². The van der Waals surface area contributed by atoms with E-state index in [-0.39, 0.29) is 11.2 Å². The molecule has 24 heavy (non-hydrogen) atoms. The quantitative estimate of drug-likeness (QED) is 0.500. The van der Waals surface area contributed by atoms with Crippen molar-refractivity contribution in [1.82, 2.24) is 4.98 Å². The van der Waals surface area contributed by atoms with Crippen molar-refractivity contribution >= 4 is 27.6 Å². The summed E-state index contributed by atoms with van der Waals surface area (Å²) in [6.07, 6.45) is 2.94. The van der Waals surface area contributed by atoms with E-state index in [1.54, 1.807) is 0 Å². The fourth-order valence-electron chi connectivity index (χ4n) is 3.93. The molecule has 0 amide bonds. The normalized spacial score (nSPS) is 18.0. The zero-order chi connectivity index (χ0) is 17.1. The molecule has 4 rings (SSSR count). The summed E-state index contributed by atoms with van der Waals surface area (Å²) in [4.78, 5) is 17.0. The molecule has 1 atom stereocenters. The first-order chi connectivity index (χ1) is 11.4. The van der Waals surface area contributed by atoms with Crippen molar-refractivity contribution in [3.05, 3.63) is 45.9 Å². The van der Waals surface area contributed by atoms with Crippen LogP contribution in [0.3, 0.4) is 0 Å². The lowest BCUT2D eigenvalue weighted by Crippen LogP contribution is -2.28. The minimum atomic E-state index is -0.394. The van der Waals surface area contributed by atoms with Gasteiger partial charge in [-0.1, -0.05) is 39.0 Å². The number of rotatable bonds is 0. The lowest BCUT2D eigenvalue weighted by molar-refractivity contribution is 0.215. The Morgan fingerprint density at radius 3 is 2.71 bits per heavy atom. The fourth-order valence-corrected chi connectivity index (χ4v) is 3.93. The predicted molar refractivity (Wildman–Crippen MR) is 97.2 cm³/mol. The maximum Gasteiger partial charge on any atom is 0.347 e. The number of anilines is 1. The van der Waals surface area contributed by atoms with Crippen LogP contribution < -0.4 is 11.4 Å². The van der Waals surface area contributed by atoms with Crippen LogP contribution in [0.25, 0.3) is 21.7 Å². The molecule has 0 aliphatic heterocycles. The van der Waals surface area contributed by atoms with Gasteiger partial charge in [-0.25, -0.2) is 9.78 Å². The maximum atomic E-state index is 12.5. The van der Waals surface area contributed by atoms with Gasteiger partial charge in [-0.3, -0.25) is 0 Å². The number of benzene rings is 1. The molecular weight excluding hydrogens is 300 g/mol. The van der Waals surface area contributed by atoms with E-state index in [1.165, 1.54) is 5.56 Å². The molecule has 2 heterocycles. The summed E-state index contributed by atoms with van der Waals surface area (Å²) in [6, 6.07) is 7.69. The van der Waals surface area contributed by atoms with Gasteiger partial charge in [-0.2, -0.15) is 0 Å². The maximum absolute atomic E-state index is 12.5. The minimum Gasteiger partial charge on any atom is -0.422 e. The lowest BCUT2D eigenvalue weighted by Gasteiger charge is -2.35. The third-order valence-electron chi connectivity index (χ3n) is 5.38. The number of hydrogen-bond donors (Lipinski definition) is 1. The van der Waals surface area contributed by atoms with E-state index in [2.05, 4.69) is 25.8 Å². The molecule has 0 saturated carbocycles. The van der Waals surface area contributed by atoms with Gasteiger partial charge in [0.2, 0.25) is 0 Å². The molecule has 0 radical (unpaired) electrons. The zero-order valence-corrected chi connectivity index (χ0v) is 14.3. The first-order valence-corrected chi connectivity index (χ1v) is 8.49. The summed E-state index contributed by atoms with van der Waals surface area (Å²) in [6.45, 7) is 6.84. The largest absolute Gasteiger partial charge is 0.422 e. The molecule has 0 saturated heterocycles. The topological polar surface area (TPSA) is 69.1 Å². The predicted octanol–water partition coefficient (Wildman–Crippen LogP) is 4.07. The highest BCUT2D eigenvalue weighted by Crippen LogP contribution is 2.41. The standard InChI is InChI=1S/C20H22N2O2/c1-20(2,3)11-8-9-14-13(10-11)16-12-6-4-5-7-15(12)24-19(23)17(16)18(21)22-14/h4-7,11H,8-10H2,1-3H3,(H2,21,22)/t11-/m0/s1. The summed E-state index contributed by atoms with van der Waals surface area (Å²) >= 11 is 0. The van der Waals surface area contributed by atoms with Crippen LogP contribution in [0.5, 0.6) is 0 Å². The number of fused-ring (bicyclic) bond motifs is 5. The van der Waals surface area contributed by atoms with Crippen molar-refractivity contribution in [2.24, 2.45) is 11.3 Å². The molecule has 124 valence electrons. The Balaban J connectivity index is 2.11. The number of nitrogens with two attached hydrogens (primary N) is 1. The molecule has 3 aromatic rings. The molecule has 0 bridgehead atoms. The minimum absolute atomic E-state index is 0.223. The molecule has 1 aliphatic carbocycles. The Morgan fingerprint density at radius 1 is 1.21 bits per heavy atom. The first-order valence-electron chi connectivity index (χ1n) is 8.49. The SMILES string of the molecule is CC(C)(C)[C@H]1CCc2nc(N)c3c(=O)oc4ccccc4c3c2C1. The van der Waals surface area contributed by atoms with Gasteiger partial charge in [0.05, 0.1) is 0 Å². The van der Waals surface area contributed by atoms with Crippen molar-refractivity contribution < 1.29 is 4.42 Å². The number of aromatic nitrogens is 1. The number of hydrogen-bond acceptors (Lipinski definition) is 4. The Kier molecular flexibility index (Phi) is 3.21. The van der Waals surface area contributed by atoms with Crippen molar-refractivity contribution in [2.45, 2.75) is 40.0 Å². The molecule has 2 N–H and O–H groups in total. The Bertz CT molecular complexity index is 1010. The van der Waals surface area contributed by atoms with E-state index in [9.17, 15) is 4.79 Å². The van der Waals surface area contributed by atoms with Crippen LogP contribution in [0.15, 0.2) is 33.5 Å². The number of pyridine rings is 1. The zero-order valence-electron chi connectivity index (χ0n) is 14.3. The van der Waals surface area contributed by atoms with Gasteiger partial charge in [0.25, 0.3) is 0 Å². The Morgan fingerprint density at radius 2 is 1.96 bits per heavy atom. The number of para-hydroxylation sites is 1. The van der Waals surface area contributed by atoms with Gasteiger partial charge in [-0.15, -0.1) is 0 Å². The van der Waals surface area contributed by atoms with Crippen LogP contribution in [0.4, 0.5) is 5.82 Å². The molecule has 1 aromatic carbocycles. The molecule has 0 spiro atoms. The van der Waals surface area contributed by atoms with E-state index in [0.29, 0.717) is 16.9 Å². The summed E-state index contributed by atoms with van der Waals surface area (Å²) in [5.41, 5.74) is 8.78. The van der Waals surface area contributed by atoms with Crippen molar-refractivity contribution in [2.75, 3.05) is 5.73 Å². The van der Waals surface area contributed by atoms with Crippen LogP contribution in [-0.4, -0.2) is 4.98 Å². The molecular formula is C20H22N2O2. The molecule has 4 heteroatoms. The number of aryl methyl sites for hydroxylation is 1. The highest BCUT2D eigenvalue weighted by Gasteiger charge is 2.31. The van der Waals surface area contributed by atoms with Gasteiger partial charge >= 0.3 is 5.63 Å². The molecule has 2 aromatic heterocycles. The second-order valence-corrected chi connectivity index (χ2v) is 7.86. The average molecular weight is 322 g/mol. The lowest BCUT2D eigenvalue weighted by atomic mass is 9.71. The average Bonchev–Trinajstić information content (AvgIpc) is 2.53. The Labute approximate surface area is 140 Å². The van der Waals surface area contributed by atoms with Gasteiger partial charge in [0.15, 0.2) is 0 Å². The molecule has 0 unspecified atom stereocenters. The van der Waals surface area contributed by atoms with Gasteiger partial charge in [0, 0.05) is 16.5 Å². The highest BCUT2D eigenvalue weighted by atomic mass is 16.4. The van der Waals surface area contributed by atoms with Crippen LogP contribution in [-0.2, 0) is 12.8 Å². The third-order valence-corrected chi connectivity index (χ3v) is 5.38. The summed E-state index contributed by atoms with van der Waals surface area (Å²) in [5.74, 6) is 0.849. The monoisotopic (exact) mass is 322 g/mol. The van der Waals surface area contributed by atoms with Gasteiger partial charge in [0.1, 0.15) is 16.8 Å². The van der Waals surface area contributed by atoms with Gasteiger partial charge in [-0.05, 0) is 42.2 Å².